The van der Waals surface area contributed by atoms with E-state index in [1.54, 1.807) is 25.4 Å². The van der Waals surface area contributed by atoms with Crippen molar-refractivity contribution < 1.29 is 14.2 Å². The van der Waals surface area contributed by atoms with E-state index in [2.05, 4.69) is 20.6 Å². The first-order chi connectivity index (χ1) is 13.2. The second-order valence-corrected chi connectivity index (χ2v) is 5.73. The molecule has 0 bridgehead atoms. The fraction of sp³-hybridized carbons (Fsp3) is 0.368. The molecular formula is C19H26ClIN4O3. The highest BCUT2D eigenvalue weighted by atomic mass is 127. The molecule has 2 rings (SSSR count). The number of hydrogen-bond acceptors (Lipinski definition) is 5. The van der Waals surface area contributed by atoms with Gasteiger partial charge in [-0.15, -0.1) is 24.0 Å². The number of anilines is 1. The predicted octanol–water partition coefficient (Wildman–Crippen LogP) is 4.22. The summed E-state index contributed by atoms with van der Waals surface area (Å²) in [4.78, 5) is 8.58. The molecule has 28 heavy (non-hydrogen) atoms. The Hall–Kier alpha value is -1.94. The van der Waals surface area contributed by atoms with Crippen molar-refractivity contribution in [3.05, 3.63) is 41.6 Å². The molecule has 0 saturated heterocycles. The summed E-state index contributed by atoms with van der Waals surface area (Å²) in [5, 5.41) is 6.91. The molecule has 0 atom stereocenters. The lowest BCUT2D eigenvalue weighted by Gasteiger charge is -2.14. The van der Waals surface area contributed by atoms with E-state index in [1.165, 1.54) is 0 Å². The van der Waals surface area contributed by atoms with Crippen LogP contribution in [0.4, 0.5) is 5.69 Å². The van der Waals surface area contributed by atoms with E-state index in [-0.39, 0.29) is 24.0 Å². The lowest BCUT2D eigenvalue weighted by Crippen LogP contribution is -2.31. The zero-order valence-electron chi connectivity index (χ0n) is 16.2. The summed E-state index contributed by atoms with van der Waals surface area (Å²) >= 11 is 6.02. The zero-order chi connectivity index (χ0) is 19.5. The number of benzene rings is 1. The van der Waals surface area contributed by atoms with Crippen molar-refractivity contribution in [1.29, 1.82) is 0 Å². The van der Waals surface area contributed by atoms with Crippen LogP contribution in [0.2, 0.25) is 5.02 Å². The minimum atomic E-state index is 0. The number of halogens is 2. The SMILES string of the molecule is CCNC(=NCCOc1ncccc1Cl)Nc1ccc(OCC)c(OC)c1.I. The maximum atomic E-state index is 6.02. The molecule has 0 spiro atoms. The molecule has 1 aromatic carbocycles. The van der Waals surface area contributed by atoms with Gasteiger partial charge >= 0.3 is 0 Å². The van der Waals surface area contributed by atoms with Gasteiger partial charge in [-0.05, 0) is 38.1 Å². The number of methoxy groups -OCH3 is 1. The van der Waals surface area contributed by atoms with Gasteiger partial charge in [-0.25, -0.2) is 9.98 Å². The lowest BCUT2D eigenvalue weighted by molar-refractivity contribution is 0.311. The summed E-state index contributed by atoms with van der Waals surface area (Å²) in [5.41, 5.74) is 0.837. The molecule has 7 nitrogen and oxygen atoms in total. The summed E-state index contributed by atoms with van der Waals surface area (Å²) in [6.07, 6.45) is 1.63. The van der Waals surface area contributed by atoms with Crippen molar-refractivity contribution in [2.24, 2.45) is 4.99 Å². The predicted molar refractivity (Wildman–Crippen MR) is 124 cm³/mol. The molecule has 0 fully saturated rings. The monoisotopic (exact) mass is 520 g/mol. The summed E-state index contributed by atoms with van der Waals surface area (Å²) in [5.74, 6) is 2.40. The Balaban J connectivity index is 0.00000392. The molecule has 154 valence electrons. The average Bonchev–Trinajstić information content (AvgIpc) is 2.68. The highest BCUT2D eigenvalue weighted by Crippen LogP contribution is 2.30. The quantitative estimate of drug-likeness (QED) is 0.223. The smallest absolute Gasteiger partial charge is 0.232 e. The van der Waals surface area contributed by atoms with E-state index in [0.717, 1.165) is 12.2 Å². The van der Waals surface area contributed by atoms with Crippen LogP contribution in [0.25, 0.3) is 0 Å². The minimum Gasteiger partial charge on any atom is -0.493 e. The van der Waals surface area contributed by atoms with Gasteiger partial charge < -0.3 is 24.8 Å². The number of nitrogens with one attached hydrogen (secondary N) is 2. The van der Waals surface area contributed by atoms with Gasteiger partial charge in [0.1, 0.15) is 11.6 Å². The third-order valence-electron chi connectivity index (χ3n) is 3.40. The summed E-state index contributed by atoms with van der Waals surface area (Å²) < 4.78 is 16.5. The molecule has 0 aliphatic carbocycles. The Labute approximate surface area is 187 Å². The lowest BCUT2D eigenvalue weighted by atomic mass is 10.2. The topological polar surface area (TPSA) is 77.0 Å². The maximum Gasteiger partial charge on any atom is 0.232 e. The number of rotatable bonds is 9. The summed E-state index contributed by atoms with van der Waals surface area (Å²) in [6.45, 7) is 6.04. The van der Waals surface area contributed by atoms with Gasteiger partial charge in [0, 0.05) is 24.5 Å². The highest BCUT2D eigenvalue weighted by Gasteiger charge is 2.07. The summed E-state index contributed by atoms with van der Waals surface area (Å²) in [6, 6.07) is 9.12. The van der Waals surface area contributed by atoms with Crippen LogP contribution in [0, 0.1) is 0 Å². The highest BCUT2D eigenvalue weighted by molar-refractivity contribution is 14.0. The third kappa shape index (κ3) is 7.59. The van der Waals surface area contributed by atoms with E-state index >= 15 is 0 Å². The standard InChI is InChI=1S/C19H25ClN4O3.HI/c1-4-21-19(23-11-12-27-18-15(20)7-6-10-22-18)24-14-8-9-16(26-5-2)17(13-14)25-3;/h6-10,13H,4-5,11-12H2,1-3H3,(H2,21,23,24);1H. The number of aliphatic imine (C=N–C) groups is 1. The van der Waals surface area contributed by atoms with Gasteiger partial charge in [-0.2, -0.15) is 0 Å². The van der Waals surface area contributed by atoms with Gasteiger partial charge in [-0.1, -0.05) is 11.6 Å². The van der Waals surface area contributed by atoms with Crippen LogP contribution in [0.15, 0.2) is 41.5 Å². The summed E-state index contributed by atoms with van der Waals surface area (Å²) in [7, 11) is 1.61. The van der Waals surface area contributed by atoms with Gasteiger partial charge in [0.25, 0.3) is 0 Å². The van der Waals surface area contributed by atoms with Gasteiger partial charge in [0.2, 0.25) is 5.88 Å². The molecule has 0 saturated carbocycles. The molecule has 2 N–H and O–H groups in total. The maximum absolute atomic E-state index is 6.02. The van der Waals surface area contributed by atoms with Crippen LogP contribution in [0.1, 0.15) is 13.8 Å². The number of guanidine groups is 1. The van der Waals surface area contributed by atoms with Crippen molar-refractivity contribution in [2.75, 3.05) is 38.7 Å². The number of hydrogen-bond donors (Lipinski definition) is 2. The van der Waals surface area contributed by atoms with Crippen LogP contribution >= 0.6 is 35.6 Å². The second kappa shape index (κ2) is 13.3. The Morgan fingerprint density at radius 1 is 1.18 bits per heavy atom. The normalized spacial score (nSPS) is 10.6. The number of ether oxygens (including phenoxy) is 3. The van der Waals surface area contributed by atoms with E-state index in [0.29, 0.717) is 48.1 Å². The van der Waals surface area contributed by atoms with Crippen LogP contribution in [0.3, 0.4) is 0 Å². The van der Waals surface area contributed by atoms with E-state index < -0.39 is 0 Å². The van der Waals surface area contributed by atoms with E-state index in [1.807, 2.05) is 32.0 Å². The second-order valence-electron chi connectivity index (χ2n) is 5.32. The largest absolute Gasteiger partial charge is 0.493 e. The van der Waals surface area contributed by atoms with Crippen LogP contribution in [-0.4, -0.2) is 44.4 Å². The van der Waals surface area contributed by atoms with Crippen LogP contribution < -0.4 is 24.8 Å². The average molecular weight is 521 g/mol. The number of pyridine rings is 1. The first-order valence-corrected chi connectivity index (χ1v) is 9.15. The fourth-order valence-electron chi connectivity index (χ4n) is 2.24. The Morgan fingerprint density at radius 2 is 2.00 bits per heavy atom. The van der Waals surface area contributed by atoms with Crippen molar-refractivity contribution in [1.82, 2.24) is 10.3 Å². The Morgan fingerprint density at radius 3 is 2.68 bits per heavy atom. The third-order valence-corrected chi connectivity index (χ3v) is 3.68. The van der Waals surface area contributed by atoms with Crippen molar-refractivity contribution in [3.8, 4) is 17.4 Å². The van der Waals surface area contributed by atoms with Crippen molar-refractivity contribution in [2.45, 2.75) is 13.8 Å². The van der Waals surface area contributed by atoms with Crippen molar-refractivity contribution in [3.63, 3.8) is 0 Å². The van der Waals surface area contributed by atoms with Crippen LogP contribution in [0.5, 0.6) is 17.4 Å². The van der Waals surface area contributed by atoms with Gasteiger partial charge in [-0.3, -0.25) is 0 Å². The molecule has 2 aromatic rings. The molecule has 1 heterocycles. The number of aromatic nitrogens is 1. The van der Waals surface area contributed by atoms with Crippen molar-refractivity contribution >= 4 is 47.2 Å². The van der Waals surface area contributed by atoms with Gasteiger partial charge in [0.05, 0.1) is 20.3 Å². The molecule has 0 aliphatic heterocycles. The Bertz CT molecular complexity index is 762. The first kappa shape index (κ1) is 24.1. The molecule has 0 aliphatic rings. The molecule has 0 unspecified atom stereocenters. The molecular weight excluding hydrogens is 495 g/mol. The minimum absolute atomic E-state index is 0. The van der Waals surface area contributed by atoms with E-state index in [9.17, 15) is 0 Å². The molecule has 0 radical (unpaired) electrons. The zero-order valence-corrected chi connectivity index (χ0v) is 19.3. The van der Waals surface area contributed by atoms with E-state index in [4.69, 9.17) is 25.8 Å². The van der Waals surface area contributed by atoms with Gasteiger partial charge in [0.15, 0.2) is 17.5 Å². The Kier molecular flexibility index (Phi) is 11.4. The fourth-order valence-corrected chi connectivity index (χ4v) is 2.42. The molecule has 9 heteroatoms. The first-order valence-electron chi connectivity index (χ1n) is 8.77. The van der Waals surface area contributed by atoms with Crippen LogP contribution in [-0.2, 0) is 0 Å². The molecule has 0 amide bonds. The molecule has 1 aromatic heterocycles. The number of nitrogens with zero attached hydrogens (tertiary/aromatic N) is 2.